The van der Waals surface area contributed by atoms with Crippen molar-refractivity contribution < 1.29 is 9.53 Å². The molecule has 1 aliphatic carbocycles. The number of likely N-dealkylation sites (N-methyl/N-ethyl adjacent to an activating group) is 2. The van der Waals surface area contributed by atoms with Crippen molar-refractivity contribution in [3.05, 3.63) is 29.8 Å². The molecule has 1 fully saturated rings. The van der Waals surface area contributed by atoms with Crippen LogP contribution in [-0.2, 0) is 0 Å². The van der Waals surface area contributed by atoms with Crippen molar-refractivity contribution in [2.24, 2.45) is 0 Å². The quantitative estimate of drug-likeness (QED) is 0.780. The van der Waals surface area contributed by atoms with Crippen molar-refractivity contribution in [1.82, 2.24) is 15.1 Å². The number of urea groups is 1. The number of nitrogens with zero attached hydrogens (tertiary/aromatic N) is 2. The number of ether oxygens (including phenoxy) is 1. The van der Waals surface area contributed by atoms with E-state index >= 15 is 0 Å². The Morgan fingerprint density at radius 3 is 2.44 bits per heavy atom. The molecule has 1 saturated carbocycles. The van der Waals surface area contributed by atoms with Crippen LogP contribution in [0.3, 0.4) is 0 Å². The first-order valence-corrected chi connectivity index (χ1v) is 9.46. The first-order valence-electron chi connectivity index (χ1n) is 9.46. The fourth-order valence-corrected chi connectivity index (χ4v) is 3.34. The molecule has 1 atom stereocenters. The lowest BCUT2D eigenvalue weighted by Crippen LogP contribution is -2.43. The van der Waals surface area contributed by atoms with Crippen LogP contribution >= 0.6 is 0 Å². The summed E-state index contributed by atoms with van der Waals surface area (Å²) in [6.45, 7) is 6.30. The van der Waals surface area contributed by atoms with E-state index in [0.29, 0.717) is 12.6 Å². The Labute approximate surface area is 152 Å². The van der Waals surface area contributed by atoms with Gasteiger partial charge in [0.05, 0.1) is 12.6 Å². The monoisotopic (exact) mass is 347 g/mol. The van der Waals surface area contributed by atoms with E-state index in [9.17, 15) is 4.79 Å². The van der Waals surface area contributed by atoms with Gasteiger partial charge >= 0.3 is 6.03 Å². The van der Waals surface area contributed by atoms with Gasteiger partial charge in [-0.3, -0.25) is 0 Å². The first-order chi connectivity index (χ1) is 12.0. The molecule has 25 heavy (non-hydrogen) atoms. The third-order valence-corrected chi connectivity index (χ3v) is 5.11. The number of hydrogen-bond donors (Lipinski definition) is 1. The highest BCUT2D eigenvalue weighted by atomic mass is 16.5. The molecule has 0 aliphatic heterocycles. The van der Waals surface area contributed by atoms with Crippen molar-refractivity contribution in [2.45, 2.75) is 51.6 Å². The van der Waals surface area contributed by atoms with Gasteiger partial charge in [0.25, 0.3) is 0 Å². The standard InChI is InChI=1S/C20H33N3O2/c1-5-25-19-12-10-17(11-13-19)16(2)21-20(24)23(4)15-14-22(3)18-8-6-7-9-18/h10-13,16,18H,5-9,14-15H2,1-4H3,(H,21,24)/t16-/m1/s1. The SMILES string of the molecule is CCOc1ccc([C@@H](C)NC(=O)N(C)CCN(C)C2CCCC2)cc1. The minimum Gasteiger partial charge on any atom is -0.494 e. The fourth-order valence-electron chi connectivity index (χ4n) is 3.34. The average molecular weight is 348 g/mol. The number of carbonyl (C=O) groups is 1. The fraction of sp³-hybridized carbons (Fsp3) is 0.650. The largest absolute Gasteiger partial charge is 0.494 e. The molecule has 1 N–H and O–H groups in total. The van der Waals surface area contributed by atoms with E-state index in [1.165, 1.54) is 25.7 Å². The van der Waals surface area contributed by atoms with Crippen LogP contribution in [0.2, 0.25) is 0 Å². The predicted molar refractivity (Wildman–Crippen MR) is 102 cm³/mol. The Hall–Kier alpha value is -1.75. The van der Waals surface area contributed by atoms with E-state index < -0.39 is 0 Å². The summed E-state index contributed by atoms with van der Waals surface area (Å²) in [5.74, 6) is 0.858. The maximum Gasteiger partial charge on any atom is 0.317 e. The minimum atomic E-state index is -0.0295. The second kappa shape index (κ2) is 9.66. The summed E-state index contributed by atoms with van der Waals surface area (Å²) in [4.78, 5) is 16.6. The Bertz CT molecular complexity index is 526. The molecule has 0 spiro atoms. The topological polar surface area (TPSA) is 44.8 Å². The van der Waals surface area contributed by atoms with Crippen molar-refractivity contribution in [3.8, 4) is 5.75 Å². The van der Waals surface area contributed by atoms with Gasteiger partial charge < -0.3 is 19.9 Å². The van der Waals surface area contributed by atoms with E-state index in [1.54, 1.807) is 4.90 Å². The van der Waals surface area contributed by atoms with Gasteiger partial charge in [0.1, 0.15) is 5.75 Å². The Balaban J connectivity index is 1.77. The summed E-state index contributed by atoms with van der Waals surface area (Å²) in [5.41, 5.74) is 1.08. The summed E-state index contributed by atoms with van der Waals surface area (Å²) in [7, 11) is 4.03. The van der Waals surface area contributed by atoms with Gasteiger partial charge in [0.15, 0.2) is 0 Å². The minimum absolute atomic E-state index is 0.0267. The lowest BCUT2D eigenvalue weighted by Gasteiger charge is -2.27. The Morgan fingerprint density at radius 1 is 1.20 bits per heavy atom. The molecule has 1 aromatic carbocycles. The van der Waals surface area contributed by atoms with E-state index in [1.807, 2.05) is 45.2 Å². The van der Waals surface area contributed by atoms with Gasteiger partial charge in [-0.2, -0.15) is 0 Å². The van der Waals surface area contributed by atoms with Gasteiger partial charge in [-0.05, 0) is 51.4 Å². The van der Waals surface area contributed by atoms with Crippen molar-refractivity contribution >= 4 is 6.03 Å². The van der Waals surface area contributed by atoms with Gasteiger partial charge in [-0.15, -0.1) is 0 Å². The van der Waals surface area contributed by atoms with Crippen molar-refractivity contribution in [2.75, 3.05) is 33.8 Å². The normalized spacial score (nSPS) is 16.0. The maximum atomic E-state index is 12.4. The van der Waals surface area contributed by atoms with Crippen LogP contribution in [0.15, 0.2) is 24.3 Å². The maximum absolute atomic E-state index is 12.4. The van der Waals surface area contributed by atoms with Crippen molar-refractivity contribution in [3.63, 3.8) is 0 Å². The summed E-state index contributed by atoms with van der Waals surface area (Å²) < 4.78 is 5.46. The summed E-state index contributed by atoms with van der Waals surface area (Å²) >= 11 is 0. The molecule has 5 heteroatoms. The molecule has 0 heterocycles. The lowest BCUT2D eigenvalue weighted by atomic mass is 10.1. The van der Waals surface area contributed by atoms with Gasteiger partial charge in [0.2, 0.25) is 0 Å². The molecule has 1 aromatic rings. The van der Waals surface area contributed by atoms with E-state index in [0.717, 1.165) is 24.4 Å². The summed E-state index contributed by atoms with van der Waals surface area (Å²) in [5, 5.41) is 3.07. The van der Waals surface area contributed by atoms with Crippen LogP contribution < -0.4 is 10.1 Å². The average Bonchev–Trinajstić information content (AvgIpc) is 3.15. The molecular formula is C20H33N3O2. The number of nitrogens with one attached hydrogen (secondary N) is 1. The molecule has 0 bridgehead atoms. The molecular weight excluding hydrogens is 314 g/mol. The van der Waals surface area contributed by atoms with Gasteiger partial charge in [0, 0.05) is 26.2 Å². The van der Waals surface area contributed by atoms with Crippen LogP contribution in [0.4, 0.5) is 4.79 Å². The molecule has 5 nitrogen and oxygen atoms in total. The number of benzene rings is 1. The molecule has 140 valence electrons. The van der Waals surface area contributed by atoms with Crippen LogP contribution in [0, 0.1) is 0 Å². The summed E-state index contributed by atoms with van der Waals surface area (Å²) in [6.07, 6.45) is 5.26. The van der Waals surface area contributed by atoms with Crippen LogP contribution in [0.5, 0.6) is 5.75 Å². The number of rotatable bonds is 8. The third kappa shape index (κ3) is 5.92. The second-order valence-electron chi connectivity index (χ2n) is 7.01. The third-order valence-electron chi connectivity index (χ3n) is 5.11. The first kappa shape index (κ1) is 19.6. The zero-order valence-corrected chi connectivity index (χ0v) is 16.1. The van der Waals surface area contributed by atoms with E-state index in [4.69, 9.17) is 4.74 Å². The highest BCUT2D eigenvalue weighted by molar-refractivity contribution is 5.74. The molecule has 0 unspecified atom stereocenters. The van der Waals surface area contributed by atoms with Crippen molar-refractivity contribution in [1.29, 1.82) is 0 Å². The zero-order valence-electron chi connectivity index (χ0n) is 16.1. The molecule has 0 radical (unpaired) electrons. The smallest absolute Gasteiger partial charge is 0.317 e. The van der Waals surface area contributed by atoms with E-state index in [-0.39, 0.29) is 12.1 Å². The van der Waals surface area contributed by atoms with Gasteiger partial charge in [-0.25, -0.2) is 4.79 Å². The van der Waals surface area contributed by atoms with Gasteiger partial charge in [-0.1, -0.05) is 25.0 Å². The van der Waals surface area contributed by atoms with Crippen LogP contribution in [0.1, 0.15) is 51.1 Å². The number of amides is 2. The molecule has 0 saturated heterocycles. The lowest BCUT2D eigenvalue weighted by molar-refractivity contribution is 0.186. The molecule has 0 aromatic heterocycles. The molecule has 2 amide bonds. The number of hydrogen-bond acceptors (Lipinski definition) is 3. The zero-order chi connectivity index (χ0) is 18.2. The Kier molecular flexibility index (Phi) is 7.56. The van der Waals surface area contributed by atoms with Crippen LogP contribution in [0.25, 0.3) is 0 Å². The predicted octanol–water partition coefficient (Wildman–Crippen LogP) is 3.66. The summed E-state index contributed by atoms with van der Waals surface area (Å²) in [6, 6.07) is 8.54. The van der Waals surface area contributed by atoms with Crippen LogP contribution in [-0.4, -0.2) is 55.7 Å². The highest BCUT2D eigenvalue weighted by Crippen LogP contribution is 2.22. The molecule has 2 rings (SSSR count). The molecule has 1 aliphatic rings. The second-order valence-corrected chi connectivity index (χ2v) is 7.01. The number of carbonyl (C=O) groups excluding carboxylic acids is 1. The Morgan fingerprint density at radius 2 is 1.84 bits per heavy atom. The van der Waals surface area contributed by atoms with E-state index in [2.05, 4.69) is 17.3 Å². The highest BCUT2D eigenvalue weighted by Gasteiger charge is 2.20.